The van der Waals surface area contributed by atoms with Crippen molar-refractivity contribution in [1.82, 2.24) is 4.90 Å². The molecule has 1 saturated heterocycles. The molecule has 0 saturated carbocycles. The lowest BCUT2D eigenvalue weighted by molar-refractivity contribution is -0.110. The fraction of sp³-hybridized carbons (Fsp3) is 0.500. The van der Waals surface area contributed by atoms with Gasteiger partial charge in [0.2, 0.25) is 0 Å². The van der Waals surface area contributed by atoms with Crippen LogP contribution < -0.4 is 4.74 Å². The number of rotatable bonds is 3. The van der Waals surface area contributed by atoms with Crippen molar-refractivity contribution in [3.05, 3.63) is 29.6 Å². The van der Waals surface area contributed by atoms with E-state index >= 15 is 0 Å². The first-order chi connectivity index (χ1) is 8.87. The van der Waals surface area contributed by atoms with Gasteiger partial charge < -0.3 is 14.7 Å². The molecule has 1 aliphatic heterocycles. The number of ether oxygens (including phenoxy) is 1. The molecule has 1 fully saturated rings. The van der Waals surface area contributed by atoms with Crippen molar-refractivity contribution >= 4 is 5.91 Å². The molecule has 0 bridgehead atoms. The summed E-state index contributed by atoms with van der Waals surface area (Å²) in [4.78, 5) is 13.6. The van der Waals surface area contributed by atoms with Crippen molar-refractivity contribution in [3.63, 3.8) is 0 Å². The molecule has 1 aromatic carbocycles. The highest BCUT2D eigenvalue weighted by atomic mass is 19.1. The number of benzene rings is 1. The van der Waals surface area contributed by atoms with Crippen LogP contribution in [0, 0.1) is 11.7 Å². The average Bonchev–Trinajstić information content (AvgIpc) is 2.33. The van der Waals surface area contributed by atoms with Gasteiger partial charge in [-0.2, -0.15) is 0 Å². The number of hydrogen-bond acceptors (Lipinski definition) is 3. The van der Waals surface area contributed by atoms with Gasteiger partial charge in [0, 0.05) is 5.56 Å². The smallest absolute Gasteiger partial charge is 0.254 e. The van der Waals surface area contributed by atoms with Crippen molar-refractivity contribution in [2.45, 2.75) is 19.4 Å². The molecule has 0 atom stereocenters. The number of amides is 1. The summed E-state index contributed by atoms with van der Waals surface area (Å²) in [5, 5.41) is 10.1. The number of nitrogens with zero attached hydrogens (tertiary/aromatic N) is 1. The highest BCUT2D eigenvalue weighted by molar-refractivity contribution is 5.95. The Balaban J connectivity index is 2.08. The van der Waals surface area contributed by atoms with Crippen LogP contribution in [-0.4, -0.2) is 41.7 Å². The molecule has 0 spiro atoms. The minimum absolute atomic E-state index is 0.0872. The first kappa shape index (κ1) is 13.8. The van der Waals surface area contributed by atoms with E-state index < -0.39 is 11.4 Å². The first-order valence-corrected chi connectivity index (χ1v) is 6.22. The van der Waals surface area contributed by atoms with Gasteiger partial charge in [-0.05, 0) is 24.1 Å². The Morgan fingerprint density at radius 1 is 1.47 bits per heavy atom. The Hall–Kier alpha value is -1.62. The van der Waals surface area contributed by atoms with E-state index in [1.54, 1.807) is 0 Å². The largest absolute Gasteiger partial charge is 0.494 e. The average molecular weight is 267 g/mol. The normalized spacial score (nSPS) is 17.3. The van der Waals surface area contributed by atoms with E-state index in [-0.39, 0.29) is 36.2 Å². The number of β-amino-alcohol motifs (C(OH)–C–C–N with tert-alkyl or cyclic N) is 1. The fourth-order valence-electron chi connectivity index (χ4n) is 2.11. The molecule has 0 aromatic heterocycles. The van der Waals surface area contributed by atoms with Crippen LogP contribution in [-0.2, 0) is 0 Å². The van der Waals surface area contributed by atoms with Crippen LogP contribution in [0.3, 0.4) is 0 Å². The number of hydrogen-bond donors (Lipinski definition) is 1. The standard InChI is InChI=1S/C14H18FNO3/c1-9(2)14(18)7-16(8-14)13(17)10-4-5-12(19-3)11(15)6-10/h4-6,9,18H,7-8H2,1-3H3. The molecule has 1 aromatic rings. The van der Waals surface area contributed by atoms with Gasteiger partial charge in [0.25, 0.3) is 5.91 Å². The van der Waals surface area contributed by atoms with E-state index in [9.17, 15) is 14.3 Å². The van der Waals surface area contributed by atoms with Crippen LogP contribution in [0.15, 0.2) is 18.2 Å². The molecule has 1 aliphatic rings. The third-order valence-corrected chi connectivity index (χ3v) is 3.69. The molecule has 1 heterocycles. The Bertz CT molecular complexity index is 495. The molecule has 19 heavy (non-hydrogen) atoms. The molecule has 0 radical (unpaired) electrons. The summed E-state index contributed by atoms with van der Waals surface area (Å²) in [6.07, 6.45) is 0. The van der Waals surface area contributed by atoms with E-state index in [0.29, 0.717) is 0 Å². The number of halogens is 1. The van der Waals surface area contributed by atoms with Gasteiger partial charge in [0.1, 0.15) is 5.60 Å². The topological polar surface area (TPSA) is 49.8 Å². The van der Waals surface area contributed by atoms with Gasteiger partial charge in [-0.15, -0.1) is 0 Å². The van der Waals surface area contributed by atoms with Gasteiger partial charge >= 0.3 is 0 Å². The Morgan fingerprint density at radius 2 is 2.11 bits per heavy atom. The van der Waals surface area contributed by atoms with E-state index in [1.807, 2.05) is 13.8 Å². The van der Waals surface area contributed by atoms with Crippen molar-refractivity contribution in [2.75, 3.05) is 20.2 Å². The quantitative estimate of drug-likeness (QED) is 0.906. The van der Waals surface area contributed by atoms with E-state index in [1.165, 1.54) is 24.1 Å². The zero-order chi connectivity index (χ0) is 14.2. The first-order valence-electron chi connectivity index (χ1n) is 6.22. The zero-order valence-electron chi connectivity index (χ0n) is 11.3. The molecular formula is C14H18FNO3. The van der Waals surface area contributed by atoms with Crippen molar-refractivity contribution in [1.29, 1.82) is 0 Å². The maximum Gasteiger partial charge on any atom is 0.254 e. The second-order valence-corrected chi connectivity index (χ2v) is 5.27. The highest BCUT2D eigenvalue weighted by Crippen LogP contribution is 2.30. The van der Waals surface area contributed by atoms with Gasteiger partial charge in [0.15, 0.2) is 11.6 Å². The van der Waals surface area contributed by atoms with Crippen LogP contribution in [0.25, 0.3) is 0 Å². The molecule has 1 N–H and O–H groups in total. The summed E-state index contributed by atoms with van der Waals surface area (Å²) >= 11 is 0. The Kier molecular flexibility index (Phi) is 3.49. The number of aliphatic hydroxyl groups is 1. The maximum absolute atomic E-state index is 13.5. The minimum Gasteiger partial charge on any atom is -0.494 e. The Labute approximate surface area is 111 Å². The predicted molar refractivity (Wildman–Crippen MR) is 68.6 cm³/mol. The molecule has 0 unspecified atom stereocenters. The summed E-state index contributed by atoms with van der Waals surface area (Å²) in [5.74, 6) is -0.636. The lowest BCUT2D eigenvalue weighted by Crippen LogP contribution is -2.65. The van der Waals surface area contributed by atoms with Gasteiger partial charge in [-0.25, -0.2) is 4.39 Å². The third kappa shape index (κ3) is 2.42. The lowest BCUT2D eigenvalue weighted by Gasteiger charge is -2.49. The van der Waals surface area contributed by atoms with Gasteiger partial charge in [0.05, 0.1) is 20.2 Å². The predicted octanol–water partition coefficient (Wildman–Crippen LogP) is 1.68. The third-order valence-electron chi connectivity index (χ3n) is 3.69. The monoisotopic (exact) mass is 267 g/mol. The van der Waals surface area contributed by atoms with Crippen molar-refractivity contribution < 1.29 is 19.0 Å². The SMILES string of the molecule is COc1ccc(C(=O)N2CC(O)(C(C)C)C2)cc1F. The van der Waals surface area contributed by atoms with Gasteiger partial charge in [-0.3, -0.25) is 4.79 Å². The maximum atomic E-state index is 13.5. The summed E-state index contributed by atoms with van der Waals surface area (Å²) in [5.41, 5.74) is -0.551. The minimum atomic E-state index is -0.819. The molecule has 2 rings (SSSR count). The van der Waals surface area contributed by atoms with Crippen LogP contribution in [0.1, 0.15) is 24.2 Å². The van der Waals surface area contributed by atoms with E-state index in [2.05, 4.69) is 0 Å². The molecule has 5 heteroatoms. The van der Waals surface area contributed by atoms with E-state index in [0.717, 1.165) is 6.07 Å². The highest BCUT2D eigenvalue weighted by Gasteiger charge is 2.45. The number of carbonyl (C=O) groups is 1. The second kappa shape index (κ2) is 4.81. The summed E-state index contributed by atoms with van der Waals surface area (Å²) < 4.78 is 18.3. The lowest BCUT2D eigenvalue weighted by atomic mass is 9.82. The number of carbonyl (C=O) groups excluding carboxylic acids is 1. The molecule has 1 amide bonds. The van der Waals surface area contributed by atoms with Crippen LogP contribution in [0.5, 0.6) is 5.75 Å². The van der Waals surface area contributed by atoms with Crippen LogP contribution in [0.2, 0.25) is 0 Å². The van der Waals surface area contributed by atoms with E-state index in [4.69, 9.17) is 4.74 Å². The summed E-state index contributed by atoms with van der Waals surface area (Å²) in [6, 6.07) is 4.11. The molecular weight excluding hydrogens is 249 g/mol. The zero-order valence-corrected chi connectivity index (χ0v) is 11.3. The Morgan fingerprint density at radius 3 is 2.58 bits per heavy atom. The van der Waals surface area contributed by atoms with Gasteiger partial charge in [-0.1, -0.05) is 13.8 Å². The van der Waals surface area contributed by atoms with Crippen molar-refractivity contribution in [3.8, 4) is 5.75 Å². The summed E-state index contributed by atoms with van der Waals surface area (Å²) in [7, 11) is 1.37. The molecule has 4 nitrogen and oxygen atoms in total. The number of likely N-dealkylation sites (tertiary alicyclic amines) is 1. The van der Waals surface area contributed by atoms with Crippen LogP contribution in [0.4, 0.5) is 4.39 Å². The second-order valence-electron chi connectivity index (χ2n) is 5.27. The molecule has 104 valence electrons. The van der Waals surface area contributed by atoms with Crippen molar-refractivity contribution in [2.24, 2.45) is 5.92 Å². The molecule has 0 aliphatic carbocycles. The summed E-state index contributed by atoms with van der Waals surface area (Å²) in [6.45, 7) is 4.40. The number of methoxy groups -OCH3 is 1. The fourth-order valence-corrected chi connectivity index (χ4v) is 2.11. The van der Waals surface area contributed by atoms with Crippen LogP contribution >= 0.6 is 0 Å².